The van der Waals surface area contributed by atoms with E-state index in [-0.39, 0.29) is 11.5 Å². The van der Waals surface area contributed by atoms with Crippen LogP contribution in [-0.4, -0.2) is 43.2 Å². The first-order valence-corrected chi connectivity index (χ1v) is 9.84. The summed E-state index contributed by atoms with van der Waals surface area (Å²) >= 11 is 0. The average molecular weight is 422 g/mol. The number of imide groups is 1. The molecule has 31 heavy (non-hydrogen) atoms. The van der Waals surface area contributed by atoms with Crippen LogP contribution in [0.3, 0.4) is 0 Å². The van der Waals surface area contributed by atoms with Gasteiger partial charge in [0, 0.05) is 11.6 Å². The summed E-state index contributed by atoms with van der Waals surface area (Å²) in [5.41, 5.74) is 7.04. The number of ether oxygens (including phenoxy) is 1. The molecule has 2 heterocycles. The minimum Gasteiger partial charge on any atom is -0.443 e. The van der Waals surface area contributed by atoms with E-state index in [0.29, 0.717) is 10.6 Å². The number of rotatable bonds is 3. The number of carbonyl (C=O) groups is 2. The van der Waals surface area contributed by atoms with Crippen LogP contribution in [-0.2, 0) is 4.74 Å². The van der Waals surface area contributed by atoms with Crippen molar-refractivity contribution in [3.05, 3.63) is 54.0 Å². The van der Waals surface area contributed by atoms with E-state index in [1.54, 1.807) is 31.6 Å². The third kappa shape index (κ3) is 4.55. The number of carbonyl (C=O) groups excluding carboxylic acids is 2. The van der Waals surface area contributed by atoms with Crippen molar-refractivity contribution in [2.24, 2.45) is 5.73 Å². The summed E-state index contributed by atoms with van der Waals surface area (Å²) in [5.74, 6) is -1.60. The van der Waals surface area contributed by atoms with Gasteiger partial charge in [0.15, 0.2) is 0 Å². The smallest absolute Gasteiger partial charge is 0.424 e. The Kier molecular flexibility index (Phi) is 5.79. The van der Waals surface area contributed by atoms with Crippen LogP contribution in [0.2, 0.25) is 0 Å². The number of pyridine rings is 1. The number of aromatic nitrogens is 3. The molecule has 0 bridgehead atoms. The molecule has 3 rings (SSSR count). The van der Waals surface area contributed by atoms with Gasteiger partial charge >= 0.3 is 6.09 Å². The third-order valence-corrected chi connectivity index (χ3v) is 4.43. The van der Waals surface area contributed by atoms with Gasteiger partial charge in [-0.1, -0.05) is 19.9 Å². The van der Waals surface area contributed by atoms with Crippen LogP contribution in [0.1, 0.15) is 56.6 Å². The summed E-state index contributed by atoms with van der Waals surface area (Å²) in [6.07, 6.45) is 2.09. The van der Waals surface area contributed by atoms with E-state index in [2.05, 4.69) is 10.1 Å². The second-order valence-electron chi connectivity index (χ2n) is 8.40. The molecule has 0 saturated heterocycles. The molecule has 3 N–H and O–H groups in total. The number of fused-ring (bicyclic) bond motifs is 1. The van der Waals surface area contributed by atoms with Crippen LogP contribution in [0.25, 0.3) is 16.6 Å². The maximum atomic E-state index is 13.2. The molecule has 0 aliphatic carbocycles. The van der Waals surface area contributed by atoms with Gasteiger partial charge in [-0.05, 0) is 51.0 Å². The topological polar surface area (TPSA) is 127 Å². The molecule has 0 spiro atoms. The SMILES string of the molecule is CC(C)c1c(C(=O)N(C(=N)N)C(=O)OC(C)(C)C)cnn1-c1ccc2ncccc2c1. The number of nitrogens with one attached hydrogen (secondary N) is 1. The predicted molar refractivity (Wildman–Crippen MR) is 117 cm³/mol. The Bertz CT molecular complexity index is 1160. The second-order valence-corrected chi connectivity index (χ2v) is 8.40. The van der Waals surface area contributed by atoms with Gasteiger partial charge in [-0.25, -0.2) is 9.48 Å². The standard InChI is InChI=1S/C22H26N6O3/c1-13(2)18-16(19(29)27(20(23)24)21(30)31-22(3,4)5)12-26-28(18)15-8-9-17-14(11-15)7-6-10-25-17/h6-13H,1-5H3,(H3,23,24). The summed E-state index contributed by atoms with van der Waals surface area (Å²) in [6.45, 7) is 8.83. The van der Waals surface area contributed by atoms with Crippen molar-refractivity contribution >= 4 is 28.9 Å². The Morgan fingerprint density at radius 3 is 2.55 bits per heavy atom. The zero-order valence-electron chi connectivity index (χ0n) is 18.2. The lowest BCUT2D eigenvalue weighted by atomic mass is 10.0. The highest BCUT2D eigenvalue weighted by atomic mass is 16.6. The third-order valence-electron chi connectivity index (χ3n) is 4.43. The summed E-state index contributed by atoms with van der Waals surface area (Å²) in [4.78, 5) is 30.6. The van der Waals surface area contributed by atoms with Gasteiger partial charge in [0.25, 0.3) is 5.91 Å². The molecule has 162 valence electrons. The van der Waals surface area contributed by atoms with Gasteiger partial charge in [-0.15, -0.1) is 0 Å². The summed E-state index contributed by atoms with van der Waals surface area (Å²) in [6, 6.07) is 9.45. The largest absolute Gasteiger partial charge is 0.443 e. The van der Waals surface area contributed by atoms with Crippen molar-refractivity contribution in [2.45, 2.75) is 46.1 Å². The number of hydrogen-bond acceptors (Lipinski definition) is 6. The summed E-state index contributed by atoms with van der Waals surface area (Å²) in [7, 11) is 0. The van der Waals surface area contributed by atoms with E-state index < -0.39 is 23.6 Å². The number of amides is 2. The lowest BCUT2D eigenvalue weighted by Gasteiger charge is -2.25. The van der Waals surface area contributed by atoms with Crippen molar-refractivity contribution in [1.82, 2.24) is 19.7 Å². The molecule has 0 radical (unpaired) electrons. The normalized spacial score (nSPS) is 11.5. The van der Waals surface area contributed by atoms with Crippen LogP contribution in [0.15, 0.2) is 42.7 Å². The van der Waals surface area contributed by atoms with E-state index in [1.807, 2.05) is 44.2 Å². The number of benzene rings is 1. The van der Waals surface area contributed by atoms with E-state index in [9.17, 15) is 9.59 Å². The summed E-state index contributed by atoms with van der Waals surface area (Å²) < 4.78 is 6.91. The van der Waals surface area contributed by atoms with Crippen molar-refractivity contribution in [2.75, 3.05) is 0 Å². The van der Waals surface area contributed by atoms with Crippen molar-refractivity contribution < 1.29 is 14.3 Å². The Morgan fingerprint density at radius 2 is 1.94 bits per heavy atom. The molecule has 0 fully saturated rings. The molecule has 2 amide bonds. The fourth-order valence-corrected chi connectivity index (χ4v) is 3.20. The Hall–Kier alpha value is -3.75. The lowest BCUT2D eigenvalue weighted by molar-refractivity contribution is 0.0347. The van der Waals surface area contributed by atoms with Gasteiger partial charge < -0.3 is 10.5 Å². The van der Waals surface area contributed by atoms with Gasteiger partial charge in [-0.2, -0.15) is 10.00 Å². The molecule has 3 aromatic rings. The quantitative estimate of drug-likeness (QED) is 0.488. The van der Waals surface area contributed by atoms with Gasteiger partial charge in [0.1, 0.15) is 5.60 Å². The van der Waals surface area contributed by atoms with Crippen molar-refractivity contribution in [1.29, 1.82) is 5.41 Å². The Labute approximate surface area is 180 Å². The average Bonchev–Trinajstić information content (AvgIpc) is 3.11. The number of guanidine groups is 1. The second kappa shape index (κ2) is 8.17. The minimum absolute atomic E-state index is 0.113. The van der Waals surface area contributed by atoms with E-state index >= 15 is 0 Å². The fraction of sp³-hybridized carbons (Fsp3) is 0.318. The Balaban J connectivity index is 2.07. The molecule has 1 aromatic carbocycles. The molecule has 0 unspecified atom stereocenters. The van der Waals surface area contributed by atoms with Crippen LogP contribution in [0, 0.1) is 5.41 Å². The van der Waals surface area contributed by atoms with Crippen LogP contribution in [0.4, 0.5) is 4.79 Å². The fourth-order valence-electron chi connectivity index (χ4n) is 3.20. The molecule has 9 nitrogen and oxygen atoms in total. The molecule has 9 heteroatoms. The number of nitrogens with zero attached hydrogens (tertiary/aromatic N) is 4. The molecule has 0 aliphatic rings. The highest BCUT2D eigenvalue weighted by Gasteiger charge is 2.33. The molecule has 2 aromatic heterocycles. The van der Waals surface area contributed by atoms with Crippen molar-refractivity contribution in [3.8, 4) is 5.69 Å². The highest BCUT2D eigenvalue weighted by molar-refractivity contribution is 6.15. The van der Waals surface area contributed by atoms with Crippen LogP contribution < -0.4 is 5.73 Å². The monoisotopic (exact) mass is 422 g/mol. The number of hydrogen-bond donors (Lipinski definition) is 2. The first kappa shape index (κ1) is 21.9. The Morgan fingerprint density at radius 1 is 1.23 bits per heavy atom. The number of nitrogens with two attached hydrogens (primary N) is 1. The van der Waals surface area contributed by atoms with E-state index in [4.69, 9.17) is 15.9 Å². The van der Waals surface area contributed by atoms with Crippen molar-refractivity contribution in [3.63, 3.8) is 0 Å². The van der Waals surface area contributed by atoms with Gasteiger partial charge in [0.05, 0.1) is 28.7 Å². The van der Waals surface area contributed by atoms with Gasteiger partial charge in [0.2, 0.25) is 5.96 Å². The summed E-state index contributed by atoms with van der Waals surface area (Å²) in [5, 5.41) is 13.1. The van der Waals surface area contributed by atoms with E-state index in [0.717, 1.165) is 16.6 Å². The first-order chi connectivity index (χ1) is 14.5. The first-order valence-electron chi connectivity index (χ1n) is 9.84. The van der Waals surface area contributed by atoms with E-state index in [1.165, 1.54) is 6.20 Å². The zero-order valence-corrected chi connectivity index (χ0v) is 18.2. The molecule has 0 saturated carbocycles. The molecule has 0 aliphatic heterocycles. The molecular weight excluding hydrogens is 396 g/mol. The van der Waals surface area contributed by atoms with Crippen LogP contribution in [0.5, 0.6) is 0 Å². The maximum absolute atomic E-state index is 13.2. The van der Waals surface area contributed by atoms with Crippen LogP contribution >= 0.6 is 0 Å². The predicted octanol–water partition coefficient (Wildman–Crippen LogP) is 3.81. The molecule has 0 atom stereocenters. The van der Waals surface area contributed by atoms with Gasteiger partial charge in [-0.3, -0.25) is 15.2 Å². The zero-order chi connectivity index (χ0) is 22.9. The molecular formula is C22H26N6O3. The minimum atomic E-state index is -1.01. The highest BCUT2D eigenvalue weighted by Crippen LogP contribution is 2.26. The lowest BCUT2D eigenvalue weighted by Crippen LogP contribution is -2.48. The maximum Gasteiger partial charge on any atom is 0.424 e.